The van der Waals surface area contributed by atoms with E-state index in [9.17, 15) is 14.4 Å². The average Bonchev–Trinajstić information content (AvgIpc) is 2.70. The lowest BCUT2D eigenvalue weighted by atomic mass is 10.1. The van der Waals surface area contributed by atoms with Crippen LogP contribution in [0.1, 0.15) is 20.7 Å². The summed E-state index contributed by atoms with van der Waals surface area (Å²) in [6, 6.07) is 9.24. The van der Waals surface area contributed by atoms with Crippen LogP contribution in [-0.2, 0) is 9.53 Å². The van der Waals surface area contributed by atoms with Crippen LogP contribution in [-0.4, -0.2) is 45.1 Å². The number of amides is 1. The van der Waals surface area contributed by atoms with Crippen LogP contribution < -0.4 is 19.5 Å². The number of fused-ring (bicyclic) bond motifs is 1. The molecule has 0 saturated heterocycles. The third-order valence-corrected chi connectivity index (χ3v) is 3.90. The van der Waals surface area contributed by atoms with Crippen molar-refractivity contribution in [3.63, 3.8) is 0 Å². The molecule has 1 heterocycles. The van der Waals surface area contributed by atoms with Crippen molar-refractivity contribution in [1.29, 1.82) is 0 Å². The van der Waals surface area contributed by atoms with Gasteiger partial charge in [-0.1, -0.05) is 0 Å². The summed E-state index contributed by atoms with van der Waals surface area (Å²) in [5.41, 5.74) is 0.867. The van der Waals surface area contributed by atoms with Crippen LogP contribution in [0.4, 0.5) is 5.69 Å². The largest absolute Gasteiger partial charge is 0.497 e. The second-order valence-electron chi connectivity index (χ2n) is 5.61. The van der Waals surface area contributed by atoms with E-state index >= 15 is 0 Å². The first-order valence-corrected chi connectivity index (χ1v) is 8.01. The minimum atomic E-state index is -0.697. The molecule has 2 aromatic rings. The molecule has 0 aliphatic carbocycles. The third-order valence-electron chi connectivity index (χ3n) is 3.90. The predicted molar refractivity (Wildman–Crippen MR) is 94.7 cm³/mol. The molecule has 1 N–H and O–H groups in total. The zero-order chi connectivity index (χ0) is 19.4. The Morgan fingerprint density at radius 1 is 1.11 bits per heavy atom. The van der Waals surface area contributed by atoms with Gasteiger partial charge in [0.1, 0.15) is 22.8 Å². The summed E-state index contributed by atoms with van der Waals surface area (Å²) in [7, 11) is 2.91. The normalized spacial score (nSPS) is 12.3. The maximum absolute atomic E-state index is 12.3. The summed E-state index contributed by atoms with van der Waals surface area (Å²) >= 11 is 0. The Bertz CT molecular complexity index is 907. The van der Waals surface area contributed by atoms with Crippen molar-refractivity contribution < 1.29 is 33.3 Å². The molecule has 3 rings (SSSR count). The Morgan fingerprint density at radius 3 is 2.67 bits per heavy atom. The summed E-state index contributed by atoms with van der Waals surface area (Å²) in [4.78, 5) is 36.0. The number of carbonyl (C=O) groups is 3. The number of carbonyl (C=O) groups excluding carboxylic acids is 3. The number of nitrogens with one attached hydrogen (secondary N) is 1. The van der Waals surface area contributed by atoms with Gasteiger partial charge < -0.3 is 24.3 Å². The Morgan fingerprint density at radius 2 is 1.93 bits per heavy atom. The molecule has 0 atom stereocenters. The van der Waals surface area contributed by atoms with E-state index in [1.807, 2.05) is 0 Å². The van der Waals surface area contributed by atoms with Gasteiger partial charge in [0.2, 0.25) is 0 Å². The fraction of sp³-hybridized carbons (Fsp3) is 0.211. The van der Waals surface area contributed by atoms with Crippen LogP contribution in [0.3, 0.4) is 0 Å². The highest BCUT2D eigenvalue weighted by molar-refractivity contribution is 6.02. The van der Waals surface area contributed by atoms with E-state index in [0.717, 1.165) is 0 Å². The van der Waals surface area contributed by atoms with Crippen LogP contribution in [0.25, 0.3) is 0 Å². The number of benzene rings is 2. The first kappa shape index (κ1) is 18.2. The van der Waals surface area contributed by atoms with Crippen molar-refractivity contribution >= 4 is 23.3 Å². The second-order valence-corrected chi connectivity index (χ2v) is 5.61. The molecular formula is C19H17NO7. The molecule has 0 unspecified atom stereocenters. The first-order valence-electron chi connectivity index (χ1n) is 8.01. The number of ether oxygens (including phenoxy) is 4. The maximum Gasteiger partial charge on any atom is 0.342 e. The Labute approximate surface area is 155 Å². The van der Waals surface area contributed by atoms with E-state index in [4.69, 9.17) is 18.9 Å². The minimum Gasteiger partial charge on any atom is -0.497 e. The number of anilines is 1. The van der Waals surface area contributed by atoms with Gasteiger partial charge in [-0.05, 0) is 30.3 Å². The monoisotopic (exact) mass is 371 g/mol. The predicted octanol–water partition coefficient (Wildman–Crippen LogP) is 2.07. The number of rotatable bonds is 6. The quantitative estimate of drug-likeness (QED) is 0.613. The van der Waals surface area contributed by atoms with Crippen LogP contribution in [0.15, 0.2) is 36.4 Å². The number of esters is 1. The average molecular weight is 371 g/mol. The van der Waals surface area contributed by atoms with Gasteiger partial charge in [0.05, 0.1) is 19.9 Å². The lowest BCUT2D eigenvalue weighted by Crippen LogP contribution is -2.25. The third kappa shape index (κ3) is 4.00. The van der Waals surface area contributed by atoms with E-state index in [1.54, 1.807) is 24.3 Å². The first-order chi connectivity index (χ1) is 13.0. The van der Waals surface area contributed by atoms with Crippen molar-refractivity contribution in [3.8, 4) is 17.2 Å². The summed E-state index contributed by atoms with van der Waals surface area (Å²) in [5, 5.41) is 2.62. The number of hydrogen-bond donors (Lipinski definition) is 1. The van der Waals surface area contributed by atoms with Gasteiger partial charge in [-0.15, -0.1) is 0 Å². The summed E-state index contributed by atoms with van der Waals surface area (Å²) in [6.45, 7) is -0.525. The lowest BCUT2D eigenvalue weighted by Gasteiger charge is -2.18. The summed E-state index contributed by atoms with van der Waals surface area (Å²) < 4.78 is 20.6. The van der Waals surface area contributed by atoms with Gasteiger partial charge in [0.15, 0.2) is 19.0 Å². The Hall–Kier alpha value is -3.55. The molecule has 8 heteroatoms. The molecule has 0 radical (unpaired) electrons. The van der Waals surface area contributed by atoms with Gasteiger partial charge in [-0.25, -0.2) is 4.79 Å². The summed E-state index contributed by atoms with van der Waals surface area (Å²) in [6.07, 6.45) is 0. The fourth-order valence-electron chi connectivity index (χ4n) is 2.52. The van der Waals surface area contributed by atoms with Crippen molar-refractivity contribution in [2.24, 2.45) is 0 Å². The molecule has 0 fully saturated rings. The van der Waals surface area contributed by atoms with E-state index in [2.05, 4.69) is 5.32 Å². The number of ketones is 1. The zero-order valence-corrected chi connectivity index (χ0v) is 14.7. The molecule has 0 bridgehead atoms. The topological polar surface area (TPSA) is 100 Å². The standard InChI is InChI=1S/C19H17NO7/c1-24-12-4-5-13(17(8-12)25-2)19(23)27-9-15(21)11-3-6-16-14(7-11)20-18(22)10-26-16/h3-8H,9-10H2,1-2H3,(H,20,22). The van der Waals surface area contributed by atoms with E-state index < -0.39 is 18.4 Å². The fourth-order valence-corrected chi connectivity index (χ4v) is 2.52. The van der Waals surface area contributed by atoms with E-state index in [0.29, 0.717) is 17.2 Å². The van der Waals surface area contributed by atoms with Gasteiger partial charge in [-0.3, -0.25) is 9.59 Å². The molecule has 8 nitrogen and oxygen atoms in total. The van der Waals surface area contributed by atoms with Crippen molar-refractivity contribution in [2.75, 3.05) is 32.8 Å². The van der Waals surface area contributed by atoms with E-state index in [1.165, 1.54) is 26.4 Å². The number of hydrogen-bond acceptors (Lipinski definition) is 7. The Kier molecular flexibility index (Phi) is 5.25. The zero-order valence-electron chi connectivity index (χ0n) is 14.7. The van der Waals surface area contributed by atoms with Crippen LogP contribution >= 0.6 is 0 Å². The molecule has 0 spiro atoms. The maximum atomic E-state index is 12.3. The number of methoxy groups -OCH3 is 2. The molecule has 1 aliphatic rings. The molecule has 140 valence electrons. The Balaban J connectivity index is 1.68. The molecular weight excluding hydrogens is 354 g/mol. The minimum absolute atomic E-state index is 0.0679. The number of Topliss-reactive ketones (excluding diaryl/α,β-unsaturated/α-hetero) is 1. The highest BCUT2D eigenvalue weighted by Crippen LogP contribution is 2.29. The van der Waals surface area contributed by atoms with Crippen molar-refractivity contribution in [1.82, 2.24) is 0 Å². The van der Waals surface area contributed by atoms with Gasteiger partial charge in [0, 0.05) is 11.6 Å². The molecule has 0 saturated carbocycles. The molecule has 27 heavy (non-hydrogen) atoms. The highest BCUT2D eigenvalue weighted by Gasteiger charge is 2.20. The van der Waals surface area contributed by atoms with Crippen molar-refractivity contribution in [3.05, 3.63) is 47.5 Å². The van der Waals surface area contributed by atoms with Gasteiger partial charge >= 0.3 is 5.97 Å². The second kappa shape index (κ2) is 7.77. The molecule has 2 aromatic carbocycles. The van der Waals surface area contributed by atoms with Gasteiger partial charge in [-0.2, -0.15) is 0 Å². The van der Waals surface area contributed by atoms with E-state index in [-0.39, 0.29) is 29.4 Å². The van der Waals surface area contributed by atoms with Gasteiger partial charge in [0.25, 0.3) is 5.91 Å². The SMILES string of the molecule is COc1ccc(C(=O)OCC(=O)c2ccc3c(c2)NC(=O)CO3)c(OC)c1. The molecule has 1 aliphatic heterocycles. The van der Waals surface area contributed by atoms with Crippen LogP contribution in [0.2, 0.25) is 0 Å². The smallest absolute Gasteiger partial charge is 0.342 e. The van der Waals surface area contributed by atoms with Crippen LogP contribution in [0.5, 0.6) is 17.2 Å². The summed E-state index contributed by atoms with van der Waals surface area (Å²) in [5.74, 6) is -0.134. The molecule has 0 aromatic heterocycles. The van der Waals surface area contributed by atoms with Crippen molar-refractivity contribution in [2.45, 2.75) is 0 Å². The van der Waals surface area contributed by atoms with Crippen LogP contribution in [0, 0.1) is 0 Å². The highest BCUT2D eigenvalue weighted by atomic mass is 16.5. The lowest BCUT2D eigenvalue weighted by molar-refractivity contribution is -0.118. The molecule has 1 amide bonds.